The van der Waals surface area contributed by atoms with Crippen LogP contribution in [-0.2, 0) is 13.6 Å². The van der Waals surface area contributed by atoms with Gasteiger partial charge in [-0.15, -0.1) is 0 Å². The van der Waals surface area contributed by atoms with E-state index in [1.807, 2.05) is 11.5 Å². The summed E-state index contributed by atoms with van der Waals surface area (Å²) in [6.45, 7) is 2.73. The first-order valence-electron chi connectivity index (χ1n) is 4.37. The van der Waals surface area contributed by atoms with Crippen molar-refractivity contribution in [3.63, 3.8) is 0 Å². The summed E-state index contributed by atoms with van der Waals surface area (Å²) in [6, 6.07) is 0. The molecule has 0 fully saturated rings. The molecule has 2 aromatic heterocycles. The van der Waals surface area contributed by atoms with Gasteiger partial charge in [-0.3, -0.25) is 4.98 Å². The number of aromatic amines is 1. The van der Waals surface area contributed by atoms with Crippen LogP contribution in [0.15, 0.2) is 11.1 Å². The highest BCUT2D eigenvalue weighted by Gasteiger charge is 2.16. The number of hydrogen-bond donors (Lipinski definition) is 2. The van der Waals surface area contributed by atoms with Crippen LogP contribution in [0.5, 0.6) is 0 Å². The number of nitrogens with one attached hydrogen (secondary N) is 1. The smallest absolute Gasteiger partial charge is 0.368 e. The van der Waals surface area contributed by atoms with E-state index in [2.05, 4.69) is 9.97 Å². The van der Waals surface area contributed by atoms with Crippen molar-refractivity contribution in [1.29, 1.82) is 0 Å². The molecule has 2 heterocycles. The monoisotopic (exact) mass is 194 g/mol. The molecule has 0 atom stereocenters. The van der Waals surface area contributed by atoms with Gasteiger partial charge in [-0.05, 0) is 6.92 Å². The number of aryl methyl sites for hydroxylation is 2. The molecule has 2 aromatic rings. The van der Waals surface area contributed by atoms with Crippen LogP contribution in [0.1, 0.15) is 6.92 Å². The van der Waals surface area contributed by atoms with Gasteiger partial charge < -0.3 is 5.73 Å². The summed E-state index contributed by atoms with van der Waals surface area (Å²) in [6.07, 6.45) is 1.63. The third-order valence-electron chi connectivity index (χ3n) is 2.28. The topological polar surface area (TPSA) is 80.6 Å². The second-order valence-electron chi connectivity index (χ2n) is 3.10. The number of rotatable bonds is 1. The Kier molecular flexibility index (Phi) is 1.77. The zero-order valence-corrected chi connectivity index (χ0v) is 8.11. The van der Waals surface area contributed by atoms with Gasteiger partial charge in [0.2, 0.25) is 12.1 Å². The van der Waals surface area contributed by atoms with Crippen LogP contribution in [0, 0.1) is 0 Å². The van der Waals surface area contributed by atoms with E-state index in [1.54, 1.807) is 13.4 Å². The molecule has 0 aliphatic rings. The maximum Gasteiger partial charge on any atom is 0.384 e. The van der Waals surface area contributed by atoms with Gasteiger partial charge in [-0.25, -0.2) is 13.9 Å². The van der Waals surface area contributed by atoms with Crippen LogP contribution in [-0.4, -0.2) is 14.5 Å². The van der Waals surface area contributed by atoms with Gasteiger partial charge in [0.15, 0.2) is 5.52 Å². The minimum absolute atomic E-state index is 0.179. The molecule has 0 bridgehead atoms. The molecule has 6 nitrogen and oxygen atoms in total. The molecule has 0 radical (unpaired) electrons. The molecule has 0 saturated carbocycles. The predicted octanol–water partition coefficient (Wildman–Crippen LogP) is -0.849. The average molecular weight is 194 g/mol. The van der Waals surface area contributed by atoms with Gasteiger partial charge in [-0.2, -0.15) is 0 Å². The van der Waals surface area contributed by atoms with Crippen molar-refractivity contribution in [2.24, 2.45) is 7.05 Å². The minimum atomic E-state index is -0.179. The number of anilines is 1. The van der Waals surface area contributed by atoms with Crippen molar-refractivity contribution in [2.45, 2.75) is 13.5 Å². The van der Waals surface area contributed by atoms with Gasteiger partial charge in [0.25, 0.3) is 5.65 Å². The van der Waals surface area contributed by atoms with Crippen molar-refractivity contribution in [1.82, 2.24) is 14.5 Å². The zero-order valence-electron chi connectivity index (χ0n) is 8.11. The van der Waals surface area contributed by atoms with E-state index in [0.717, 1.165) is 12.2 Å². The van der Waals surface area contributed by atoms with Gasteiger partial charge >= 0.3 is 5.69 Å². The maximum absolute atomic E-state index is 11.4. The predicted molar refractivity (Wildman–Crippen MR) is 51.6 cm³/mol. The van der Waals surface area contributed by atoms with E-state index >= 15 is 0 Å². The molecule has 0 saturated heterocycles. The summed E-state index contributed by atoms with van der Waals surface area (Å²) in [4.78, 5) is 18.0. The highest BCUT2D eigenvalue weighted by atomic mass is 16.1. The molecule has 0 aliphatic carbocycles. The van der Waals surface area contributed by atoms with Crippen LogP contribution < -0.4 is 16.0 Å². The molecule has 14 heavy (non-hydrogen) atoms. The Hall–Kier alpha value is -1.85. The first kappa shape index (κ1) is 8.74. The Morgan fingerprint density at radius 1 is 1.71 bits per heavy atom. The number of nitrogens with two attached hydrogens (primary N) is 1. The standard InChI is InChI=1S/C8H11N5O/c1-3-13-4-10-6(9)5-7(13)12(2)8(14)11-5/h4,9H,3H2,1-2H3,(H,11,14)/p+1. The Labute approximate surface area is 80.0 Å². The van der Waals surface area contributed by atoms with Crippen LogP contribution in [0.2, 0.25) is 0 Å². The number of nitrogens with zero attached hydrogens (tertiary/aromatic N) is 3. The van der Waals surface area contributed by atoms with Crippen LogP contribution in [0.25, 0.3) is 11.2 Å². The fourth-order valence-electron chi connectivity index (χ4n) is 1.51. The fraction of sp³-hybridized carbons (Fsp3) is 0.375. The SMILES string of the molecule is CC[n+]1cnc(N)c2[nH]c(=O)n(C)c21. The molecule has 3 N–H and O–H groups in total. The van der Waals surface area contributed by atoms with Crippen molar-refractivity contribution in [2.75, 3.05) is 5.73 Å². The number of fused-ring (bicyclic) bond motifs is 1. The van der Waals surface area contributed by atoms with Crippen molar-refractivity contribution in [3.05, 3.63) is 16.8 Å². The van der Waals surface area contributed by atoms with Gasteiger partial charge in [-0.1, -0.05) is 4.98 Å². The molecule has 0 aromatic carbocycles. The van der Waals surface area contributed by atoms with Crippen molar-refractivity contribution >= 4 is 17.0 Å². The molecular formula is C8H12N5O+. The average Bonchev–Trinajstić information content (AvgIpc) is 2.47. The summed E-state index contributed by atoms with van der Waals surface area (Å²) >= 11 is 0. The quantitative estimate of drug-likeness (QED) is 0.580. The second-order valence-corrected chi connectivity index (χ2v) is 3.10. The highest BCUT2D eigenvalue weighted by molar-refractivity contribution is 5.78. The van der Waals surface area contributed by atoms with Gasteiger partial charge in [0.05, 0.1) is 13.6 Å². The van der Waals surface area contributed by atoms with E-state index in [4.69, 9.17) is 5.73 Å². The molecule has 0 amide bonds. The Morgan fingerprint density at radius 2 is 2.43 bits per heavy atom. The first-order valence-corrected chi connectivity index (χ1v) is 4.37. The summed E-state index contributed by atoms with van der Waals surface area (Å²) in [7, 11) is 1.70. The number of hydrogen-bond acceptors (Lipinski definition) is 3. The Morgan fingerprint density at radius 3 is 3.07 bits per heavy atom. The lowest BCUT2D eigenvalue weighted by Gasteiger charge is -1.98. The van der Waals surface area contributed by atoms with Crippen molar-refractivity contribution < 1.29 is 4.57 Å². The van der Waals surface area contributed by atoms with E-state index < -0.39 is 0 Å². The summed E-state index contributed by atoms with van der Waals surface area (Å²) in [5.41, 5.74) is 6.84. The van der Waals surface area contributed by atoms with E-state index in [-0.39, 0.29) is 5.69 Å². The van der Waals surface area contributed by atoms with Crippen LogP contribution in [0.4, 0.5) is 5.82 Å². The highest BCUT2D eigenvalue weighted by Crippen LogP contribution is 2.08. The van der Waals surface area contributed by atoms with E-state index in [0.29, 0.717) is 11.3 Å². The first-order chi connectivity index (χ1) is 6.65. The summed E-state index contributed by atoms with van der Waals surface area (Å²) < 4.78 is 3.39. The maximum atomic E-state index is 11.4. The fourth-order valence-corrected chi connectivity index (χ4v) is 1.51. The third-order valence-corrected chi connectivity index (χ3v) is 2.28. The minimum Gasteiger partial charge on any atom is -0.368 e. The summed E-state index contributed by atoms with van der Waals surface area (Å²) in [5, 5.41) is 0. The lowest BCUT2D eigenvalue weighted by Crippen LogP contribution is -2.36. The molecule has 0 unspecified atom stereocenters. The van der Waals surface area contributed by atoms with Gasteiger partial charge in [0, 0.05) is 0 Å². The number of imidazole rings is 1. The molecule has 6 heteroatoms. The normalized spacial score (nSPS) is 11.0. The Balaban J connectivity index is 3.00. The van der Waals surface area contributed by atoms with Crippen LogP contribution in [0.3, 0.4) is 0 Å². The van der Waals surface area contributed by atoms with E-state index in [1.165, 1.54) is 4.57 Å². The number of nitrogen functional groups attached to an aromatic ring is 1. The largest absolute Gasteiger partial charge is 0.384 e. The lowest BCUT2D eigenvalue weighted by molar-refractivity contribution is -0.673. The molecular weight excluding hydrogens is 182 g/mol. The van der Waals surface area contributed by atoms with Crippen molar-refractivity contribution in [3.8, 4) is 0 Å². The number of H-pyrrole nitrogens is 1. The molecule has 2 rings (SSSR count). The zero-order chi connectivity index (χ0) is 10.3. The summed E-state index contributed by atoms with van der Waals surface area (Å²) in [5.74, 6) is 0.349. The third kappa shape index (κ3) is 1.00. The van der Waals surface area contributed by atoms with E-state index in [9.17, 15) is 4.79 Å². The molecule has 0 aliphatic heterocycles. The second kappa shape index (κ2) is 2.83. The number of aromatic nitrogens is 4. The Bertz CT molecular complexity index is 538. The molecule has 0 spiro atoms. The van der Waals surface area contributed by atoms with Gasteiger partial charge in [0.1, 0.15) is 0 Å². The van der Waals surface area contributed by atoms with Crippen LogP contribution >= 0.6 is 0 Å². The molecule has 74 valence electrons. The lowest BCUT2D eigenvalue weighted by atomic mass is 10.5.